The van der Waals surface area contributed by atoms with Crippen molar-refractivity contribution < 1.29 is 4.79 Å². The Labute approximate surface area is 127 Å². The first kappa shape index (κ1) is 14.5. The van der Waals surface area contributed by atoms with E-state index in [4.69, 9.17) is 0 Å². The van der Waals surface area contributed by atoms with Crippen LogP contribution in [-0.2, 0) is 0 Å². The van der Waals surface area contributed by atoms with E-state index in [0.717, 1.165) is 16.7 Å². The van der Waals surface area contributed by atoms with Gasteiger partial charge in [0.25, 0.3) is 0 Å². The largest absolute Gasteiger partial charge is 0.292 e. The maximum atomic E-state index is 12.5. The monoisotopic (exact) mass is 327 g/mol. The molecule has 0 heterocycles. The number of benzene rings is 2. The van der Waals surface area contributed by atoms with E-state index in [1.165, 1.54) is 0 Å². The number of aryl methyl sites for hydroxylation is 2. The molecule has 0 amide bonds. The average Bonchev–Trinajstić information content (AvgIpc) is 2.44. The lowest BCUT2D eigenvalue weighted by molar-refractivity contribution is 0.0978. The summed E-state index contributed by atoms with van der Waals surface area (Å²) >= 11 is 3.36. The van der Waals surface area contributed by atoms with Crippen molar-refractivity contribution in [2.75, 3.05) is 0 Å². The molecule has 0 fully saturated rings. The maximum absolute atomic E-state index is 12.5. The van der Waals surface area contributed by atoms with Gasteiger partial charge in [-0.05, 0) is 36.6 Å². The van der Waals surface area contributed by atoms with Crippen molar-refractivity contribution in [1.29, 1.82) is 5.26 Å². The molecule has 3 heteroatoms. The number of halogens is 1. The van der Waals surface area contributed by atoms with Crippen LogP contribution in [0.3, 0.4) is 0 Å². The third-order valence-corrected chi connectivity index (χ3v) is 4.09. The Morgan fingerprint density at radius 1 is 1.15 bits per heavy atom. The molecule has 0 aromatic heterocycles. The molecule has 0 saturated heterocycles. The van der Waals surface area contributed by atoms with Gasteiger partial charge in [0.05, 0.1) is 6.07 Å². The molecule has 2 aromatic rings. The summed E-state index contributed by atoms with van der Waals surface area (Å²) < 4.78 is 0.717. The molecule has 2 nitrogen and oxygen atoms in total. The molecular formula is C17H14BrNO. The van der Waals surface area contributed by atoms with Crippen LogP contribution in [0.5, 0.6) is 0 Å². The minimum Gasteiger partial charge on any atom is -0.292 e. The molecule has 0 radical (unpaired) electrons. The van der Waals surface area contributed by atoms with E-state index in [1.54, 1.807) is 12.1 Å². The highest BCUT2D eigenvalue weighted by Crippen LogP contribution is 2.26. The summed E-state index contributed by atoms with van der Waals surface area (Å²) in [5, 5.41) is 9.38. The summed E-state index contributed by atoms with van der Waals surface area (Å²) in [5.41, 5.74) is 3.52. The molecule has 0 bridgehead atoms. The van der Waals surface area contributed by atoms with E-state index in [0.29, 0.717) is 10.0 Å². The number of rotatable bonds is 3. The standard InChI is InChI=1S/C17H14BrNO/c1-11-7-8-13(9-12(11)2)15(10-19)17(20)14-5-3-4-6-16(14)18/h3-9,15H,1-2H3. The molecule has 0 N–H and O–H groups in total. The highest BCUT2D eigenvalue weighted by Gasteiger charge is 2.23. The number of carbonyl (C=O) groups is 1. The van der Waals surface area contributed by atoms with Gasteiger partial charge < -0.3 is 0 Å². The topological polar surface area (TPSA) is 40.9 Å². The number of nitriles is 1. The molecule has 20 heavy (non-hydrogen) atoms. The molecule has 1 atom stereocenters. The normalized spacial score (nSPS) is 11.7. The van der Waals surface area contributed by atoms with Gasteiger partial charge in [0.2, 0.25) is 0 Å². The zero-order valence-corrected chi connectivity index (χ0v) is 12.9. The number of ketones is 1. The van der Waals surface area contributed by atoms with Crippen LogP contribution in [0.1, 0.15) is 33.0 Å². The number of hydrogen-bond acceptors (Lipinski definition) is 2. The molecule has 0 saturated carbocycles. The fraction of sp³-hybridized carbons (Fsp3) is 0.176. The van der Waals surface area contributed by atoms with E-state index >= 15 is 0 Å². The second kappa shape index (κ2) is 6.02. The van der Waals surface area contributed by atoms with Crippen LogP contribution >= 0.6 is 15.9 Å². The lowest BCUT2D eigenvalue weighted by Crippen LogP contribution is -2.12. The quantitative estimate of drug-likeness (QED) is 0.775. The smallest absolute Gasteiger partial charge is 0.185 e. The number of carbonyl (C=O) groups excluding carboxylic acids is 1. The molecule has 100 valence electrons. The Balaban J connectivity index is 2.43. The van der Waals surface area contributed by atoms with Crippen molar-refractivity contribution in [2.45, 2.75) is 19.8 Å². The first-order valence-electron chi connectivity index (χ1n) is 6.30. The second-order valence-electron chi connectivity index (χ2n) is 4.75. The molecule has 2 rings (SSSR count). The predicted molar refractivity (Wildman–Crippen MR) is 82.7 cm³/mol. The molecule has 2 aromatic carbocycles. The van der Waals surface area contributed by atoms with Crippen LogP contribution in [-0.4, -0.2) is 5.78 Å². The summed E-state index contributed by atoms with van der Waals surface area (Å²) in [5.74, 6) is -0.948. The Morgan fingerprint density at radius 3 is 2.45 bits per heavy atom. The van der Waals surface area contributed by atoms with Gasteiger partial charge >= 0.3 is 0 Å². The van der Waals surface area contributed by atoms with Gasteiger partial charge in [0, 0.05) is 10.0 Å². The van der Waals surface area contributed by atoms with Crippen molar-refractivity contribution in [3.8, 4) is 6.07 Å². The van der Waals surface area contributed by atoms with E-state index in [-0.39, 0.29) is 5.78 Å². The van der Waals surface area contributed by atoms with Crippen molar-refractivity contribution in [3.63, 3.8) is 0 Å². The van der Waals surface area contributed by atoms with Crippen LogP contribution in [0.15, 0.2) is 46.9 Å². The lowest BCUT2D eigenvalue weighted by Gasteiger charge is -2.11. The Bertz CT molecular complexity index is 700. The number of hydrogen-bond donors (Lipinski definition) is 0. The zero-order valence-electron chi connectivity index (χ0n) is 11.4. The SMILES string of the molecule is Cc1ccc(C(C#N)C(=O)c2ccccc2Br)cc1C. The lowest BCUT2D eigenvalue weighted by atomic mass is 9.90. The maximum Gasteiger partial charge on any atom is 0.185 e. The zero-order chi connectivity index (χ0) is 14.7. The molecule has 0 aliphatic carbocycles. The third kappa shape index (κ3) is 2.81. The first-order chi connectivity index (χ1) is 9.54. The van der Waals surface area contributed by atoms with Crippen LogP contribution < -0.4 is 0 Å². The fourth-order valence-corrected chi connectivity index (χ4v) is 2.53. The highest BCUT2D eigenvalue weighted by molar-refractivity contribution is 9.10. The summed E-state index contributed by atoms with van der Waals surface area (Å²) in [6.45, 7) is 3.99. The van der Waals surface area contributed by atoms with Crippen molar-refractivity contribution in [3.05, 3.63) is 69.2 Å². The fourth-order valence-electron chi connectivity index (χ4n) is 2.05. The van der Waals surface area contributed by atoms with Crippen LogP contribution in [0, 0.1) is 25.2 Å². The Morgan fingerprint density at radius 2 is 1.85 bits per heavy atom. The van der Waals surface area contributed by atoms with Crippen LogP contribution in [0.4, 0.5) is 0 Å². The van der Waals surface area contributed by atoms with Crippen LogP contribution in [0.25, 0.3) is 0 Å². The van der Waals surface area contributed by atoms with Gasteiger partial charge in [-0.25, -0.2) is 0 Å². The number of nitrogens with zero attached hydrogens (tertiary/aromatic N) is 1. The third-order valence-electron chi connectivity index (χ3n) is 3.39. The summed E-state index contributed by atoms with van der Waals surface area (Å²) in [6, 6.07) is 15.0. The molecular weight excluding hydrogens is 314 g/mol. The van der Waals surface area contributed by atoms with Crippen LogP contribution in [0.2, 0.25) is 0 Å². The van der Waals surface area contributed by atoms with Crippen molar-refractivity contribution >= 4 is 21.7 Å². The average molecular weight is 328 g/mol. The van der Waals surface area contributed by atoms with E-state index in [9.17, 15) is 10.1 Å². The van der Waals surface area contributed by atoms with Gasteiger partial charge in [-0.3, -0.25) is 4.79 Å². The van der Waals surface area contributed by atoms with Gasteiger partial charge in [0.1, 0.15) is 5.92 Å². The molecule has 0 aliphatic heterocycles. The van der Waals surface area contributed by atoms with Gasteiger partial charge in [-0.15, -0.1) is 0 Å². The summed E-state index contributed by atoms with van der Waals surface area (Å²) in [6.07, 6.45) is 0. The first-order valence-corrected chi connectivity index (χ1v) is 7.09. The van der Waals surface area contributed by atoms with Gasteiger partial charge in [0.15, 0.2) is 5.78 Å². The second-order valence-corrected chi connectivity index (χ2v) is 5.60. The van der Waals surface area contributed by atoms with Gasteiger partial charge in [-0.1, -0.05) is 52.3 Å². The molecule has 0 aliphatic rings. The molecule has 1 unspecified atom stereocenters. The minimum absolute atomic E-state index is 0.178. The van der Waals surface area contributed by atoms with Gasteiger partial charge in [-0.2, -0.15) is 5.26 Å². The van der Waals surface area contributed by atoms with Crippen molar-refractivity contribution in [2.24, 2.45) is 0 Å². The predicted octanol–water partition coefficient (Wildman–Crippen LogP) is 4.56. The van der Waals surface area contributed by atoms with E-state index in [2.05, 4.69) is 22.0 Å². The summed E-state index contributed by atoms with van der Waals surface area (Å²) in [7, 11) is 0. The highest BCUT2D eigenvalue weighted by atomic mass is 79.9. The van der Waals surface area contributed by atoms with Crippen molar-refractivity contribution in [1.82, 2.24) is 0 Å². The summed E-state index contributed by atoms with van der Waals surface area (Å²) in [4.78, 5) is 12.5. The Kier molecular flexibility index (Phi) is 4.36. The number of Topliss-reactive ketones (excluding diaryl/α,β-unsaturated/α-hetero) is 1. The van der Waals surface area contributed by atoms with E-state index in [1.807, 2.05) is 44.2 Å². The molecule has 0 spiro atoms. The minimum atomic E-state index is -0.770. The van der Waals surface area contributed by atoms with E-state index < -0.39 is 5.92 Å². The Hall–Kier alpha value is -1.92.